The van der Waals surface area contributed by atoms with Gasteiger partial charge in [-0.25, -0.2) is 10.1 Å². The van der Waals surface area contributed by atoms with E-state index in [9.17, 15) is 19.5 Å². The Morgan fingerprint density at radius 1 is 0.305 bits per heavy atom. The van der Waals surface area contributed by atoms with Gasteiger partial charge < -0.3 is 38.3 Å². The molecule has 0 aliphatic rings. The van der Waals surface area contributed by atoms with Gasteiger partial charge >= 0.3 is 0 Å². The van der Waals surface area contributed by atoms with Gasteiger partial charge in [0.05, 0.1) is 59.3 Å². The van der Waals surface area contributed by atoms with Crippen molar-refractivity contribution in [2.45, 2.75) is 89.5 Å². The molecule has 1 N–H and O–H groups in total. The van der Waals surface area contributed by atoms with Crippen LogP contribution in [0.4, 0.5) is 0 Å². The van der Waals surface area contributed by atoms with Crippen LogP contribution in [-0.4, -0.2) is 90.7 Å². The molecule has 0 heterocycles. The Labute approximate surface area is 481 Å². The van der Waals surface area contributed by atoms with Crippen molar-refractivity contribution in [2.75, 3.05) is 19.7 Å². The summed E-state index contributed by atoms with van der Waals surface area (Å²) < 4.78 is 37.8. The maximum Gasteiger partial charge on any atom is 0.233 e. The number of aliphatic hydroxyl groups is 1. The normalized spacial score (nSPS) is 13.2. The van der Waals surface area contributed by atoms with Gasteiger partial charge in [0, 0.05) is 0 Å². The first-order valence-electron chi connectivity index (χ1n) is 27.3. The molecule has 0 bridgehead atoms. The van der Waals surface area contributed by atoms with E-state index in [-0.39, 0.29) is 72.6 Å². The van der Waals surface area contributed by atoms with Gasteiger partial charge in [-0.3, -0.25) is 19.3 Å². The smallest absolute Gasteiger partial charge is 0.233 e. The highest BCUT2D eigenvalue weighted by Gasteiger charge is 2.36. The lowest BCUT2D eigenvalue weighted by Crippen LogP contribution is -2.49. The number of aliphatic hydroxyl groups excluding tert-OH is 1. The molecule has 0 aliphatic heterocycles. The monoisotopic (exact) mass is 1110 g/mol. The molecule has 8 aromatic rings. The van der Waals surface area contributed by atoms with Crippen LogP contribution in [0.15, 0.2) is 243 Å². The van der Waals surface area contributed by atoms with Gasteiger partial charge in [-0.15, -0.1) is 0 Å². The molecule has 0 fully saturated rings. The van der Waals surface area contributed by atoms with Crippen LogP contribution in [0.5, 0.6) is 0 Å². The van der Waals surface area contributed by atoms with E-state index in [4.69, 9.17) is 38.1 Å². The van der Waals surface area contributed by atoms with Gasteiger partial charge in [-0.1, -0.05) is 243 Å². The molecule has 0 unspecified atom stereocenters. The van der Waals surface area contributed by atoms with E-state index in [1.807, 2.05) is 243 Å². The lowest BCUT2D eigenvalue weighted by Gasteiger charge is -2.34. The van der Waals surface area contributed by atoms with E-state index in [1.165, 1.54) is 10.1 Å². The van der Waals surface area contributed by atoms with E-state index in [0.717, 1.165) is 50.8 Å². The van der Waals surface area contributed by atoms with Crippen molar-refractivity contribution in [2.24, 2.45) is 0 Å². The Hall–Kier alpha value is -7.99. The first-order chi connectivity index (χ1) is 40.5. The number of carbonyl (C=O) groups excluding carboxylic acids is 3. The number of aldehydes is 1. The van der Waals surface area contributed by atoms with E-state index in [0.29, 0.717) is 12.8 Å². The van der Waals surface area contributed by atoms with Crippen LogP contribution >= 0.6 is 0 Å². The van der Waals surface area contributed by atoms with E-state index in [1.54, 1.807) is 0 Å². The molecule has 8 aromatic carbocycles. The van der Waals surface area contributed by atoms with Crippen LogP contribution in [0.1, 0.15) is 44.5 Å². The second-order valence-corrected chi connectivity index (χ2v) is 19.0. The molecule has 14 nitrogen and oxygen atoms in total. The molecule has 0 spiro atoms. The van der Waals surface area contributed by atoms with Gasteiger partial charge in [0.1, 0.15) is 49.8 Å². The highest BCUT2D eigenvalue weighted by atomic mass is 16.7. The zero-order valence-electron chi connectivity index (χ0n) is 45.9. The molecular formula is C68H72N2O12. The quantitative estimate of drug-likeness (QED) is 0.0294. The fourth-order valence-electron chi connectivity index (χ4n) is 8.54. The van der Waals surface area contributed by atoms with Crippen LogP contribution < -0.4 is 0 Å². The molecule has 0 saturated heterocycles. The van der Waals surface area contributed by atoms with Crippen LogP contribution in [0.2, 0.25) is 0 Å². The summed E-state index contributed by atoms with van der Waals surface area (Å²) in [5.41, 5.74) is 7.53. The minimum Gasteiger partial charge on any atom is -0.394 e. The number of ether oxygens (including phenoxy) is 6. The van der Waals surface area contributed by atoms with Gasteiger partial charge in [-0.2, -0.15) is 0 Å². The zero-order chi connectivity index (χ0) is 57.1. The summed E-state index contributed by atoms with van der Waals surface area (Å²) in [5.74, 6) is 0. The minimum atomic E-state index is -0.970. The largest absolute Gasteiger partial charge is 0.394 e. The molecule has 8 rings (SSSR count). The Balaban J connectivity index is 0.000000236. The summed E-state index contributed by atoms with van der Waals surface area (Å²) >= 11 is 0. The number of hydroxylamine groups is 4. The Morgan fingerprint density at radius 2 is 0.549 bits per heavy atom. The molecule has 0 aromatic heterocycles. The Kier molecular flexibility index (Phi) is 27.3. The summed E-state index contributed by atoms with van der Waals surface area (Å²) in [6, 6.07) is 77.4. The summed E-state index contributed by atoms with van der Waals surface area (Å²) in [7, 11) is 0. The Morgan fingerprint density at radius 3 is 0.829 bits per heavy atom. The zero-order valence-corrected chi connectivity index (χ0v) is 45.9. The van der Waals surface area contributed by atoms with E-state index >= 15 is 0 Å². The number of benzene rings is 8. The standard InChI is InChI=1S/C34H37NO6.C34H35NO6/c2*36-22-33(39-24-29-15-7-2-8-16-29)34(40-25-30-17-9-3-10-18-30)32(38-23-28-13-5-1-6-14-28)21-35(27-37)41-26-31-19-11-4-12-20-31/h1-20,27,32-34,36H,21-26H2;1-20,22,27,32-34H,21,23-26H2/t2*32-,33-,34-/m11/s1. The number of hydrogen-bond donors (Lipinski definition) is 1. The third-order valence-electron chi connectivity index (χ3n) is 12.9. The maximum atomic E-state index is 12.4. The summed E-state index contributed by atoms with van der Waals surface area (Å²) in [6.45, 7) is 1.70. The van der Waals surface area contributed by atoms with Crippen LogP contribution in [0, 0.1) is 0 Å². The number of nitrogens with zero attached hydrogens (tertiary/aromatic N) is 2. The highest BCUT2D eigenvalue weighted by Crippen LogP contribution is 2.22. The molecule has 0 saturated carbocycles. The predicted octanol–water partition coefficient (Wildman–Crippen LogP) is 10.9. The summed E-state index contributed by atoms with van der Waals surface area (Å²) in [6.07, 6.45) is -2.75. The lowest BCUT2D eigenvalue weighted by molar-refractivity contribution is -0.211. The van der Waals surface area contributed by atoms with Crippen molar-refractivity contribution in [1.29, 1.82) is 0 Å². The SMILES string of the molecule is O=CN(C[C@@H](OCc1ccccc1)[C@@H](OCc1ccccc1)[C@@H](CO)OCc1ccccc1)OCc1ccccc1.O=C[C@@H](OCc1ccccc1)[C@H](OCc1ccccc1)[C@@H](CN(C=O)OCc1ccccc1)OCc1ccccc1. The Bertz CT molecular complexity index is 2920. The van der Waals surface area contributed by atoms with Crippen LogP contribution in [-0.2, 0) is 105 Å². The minimum absolute atomic E-state index is 0.0155. The topological polar surface area (TPSA) is 152 Å². The second-order valence-electron chi connectivity index (χ2n) is 19.0. The first-order valence-corrected chi connectivity index (χ1v) is 27.3. The van der Waals surface area contributed by atoms with Crippen molar-refractivity contribution in [3.05, 3.63) is 287 Å². The molecule has 0 radical (unpaired) electrons. The van der Waals surface area contributed by atoms with Crippen molar-refractivity contribution >= 4 is 19.1 Å². The van der Waals surface area contributed by atoms with Gasteiger partial charge in [0.2, 0.25) is 12.8 Å². The van der Waals surface area contributed by atoms with Gasteiger partial charge in [0.25, 0.3) is 0 Å². The maximum absolute atomic E-state index is 12.4. The molecule has 14 heteroatoms. The average Bonchev–Trinajstić information content (AvgIpc) is 3.58. The third-order valence-corrected chi connectivity index (χ3v) is 12.9. The molecule has 0 aliphatic carbocycles. The first kappa shape index (κ1) is 61.6. The van der Waals surface area contributed by atoms with Crippen molar-refractivity contribution in [3.63, 3.8) is 0 Å². The molecule has 426 valence electrons. The van der Waals surface area contributed by atoms with Gasteiger partial charge in [0.15, 0.2) is 6.29 Å². The highest BCUT2D eigenvalue weighted by molar-refractivity contribution is 5.57. The van der Waals surface area contributed by atoms with E-state index in [2.05, 4.69) is 0 Å². The molecule has 6 atom stereocenters. The lowest BCUT2D eigenvalue weighted by atomic mass is 10.1. The van der Waals surface area contributed by atoms with Crippen LogP contribution in [0.3, 0.4) is 0 Å². The molecular weight excluding hydrogens is 1040 g/mol. The fourth-order valence-corrected chi connectivity index (χ4v) is 8.54. The number of rotatable bonds is 36. The van der Waals surface area contributed by atoms with Gasteiger partial charge in [-0.05, 0) is 44.5 Å². The van der Waals surface area contributed by atoms with E-state index < -0.39 is 36.6 Å². The van der Waals surface area contributed by atoms with Crippen LogP contribution in [0.25, 0.3) is 0 Å². The second kappa shape index (κ2) is 36.4. The third kappa shape index (κ3) is 22.2. The number of hydrogen-bond acceptors (Lipinski definition) is 12. The predicted molar refractivity (Wildman–Crippen MR) is 311 cm³/mol. The summed E-state index contributed by atoms with van der Waals surface area (Å²) in [5, 5.41) is 12.9. The number of amides is 2. The fraction of sp³-hybridized carbons (Fsp3) is 0.250. The average molecular weight is 1110 g/mol. The molecule has 82 heavy (non-hydrogen) atoms. The molecule has 2 amide bonds. The van der Waals surface area contributed by atoms with Crippen molar-refractivity contribution in [3.8, 4) is 0 Å². The summed E-state index contributed by atoms with van der Waals surface area (Å²) in [4.78, 5) is 48.3. The number of carbonyl (C=O) groups is 3. The van der Waals surface area contributed by atoms with Crippen molar-refractivity contribution in [1.82, 2.24) is 10.1 Å². The van der Waals surface area contributed by atoms with Crippen molar-refractivity contribution < 1.29 is 57.6 Å².